The standard InChI is InChI=1S/C9H12O3Si/c10-9(11)8-3-1-7(2-4-8)5-6-12-13/h1-4H,5-6H2,13H3,(H,10,11). The SMILES string of the molecule is O=C(O)c1ccc(CCO[SiH3])cc1. The van der Waals surface area contributed by atoms with Crippen LogP contribution in [0.4, 0.5) is 0 Å². The highest BCUT2D eigenvalue weighted by Gasteiger charge is 2.00. The summed E-state index contributed by atoms with van der Waals surface area (Å²) in [5.74, 6) is -0.884. The van der Waals surface area contributed by atoms with Gasteiger partial charge in [0.2, 0.25) is 0 Å². The molecule has 70 valence electrons. The van der Waals surface area contributed by atoms with Gasteiger partial charge in [-0.25, -0.2) is 4.79 Å². The van der Waals surface area contributed by atoms with E-state index in [0.29, 0.717) is 5.56 Å². The summed E-state index contributed by atoms with van der Waals surface area (Å²) in [4.78, 5) is 10.5. The molecule has 0 aromatic heterocycles. The van der Waals surface area contributed by atoms with Crippen LogP contribution in [0.15, 0.2) is 24.3 Å². The van der Waals surface area contributed by atoms with Gasteiger partial charge in [0.25, 0.3) is 0 Å². The summed E-state index contributed by atoms with van der Waals surface area (Å²) in [6.45, 7) is 0.721. The molecule has 3 nitrogen and oxygen atoms in total. The normalized spacial score (nSPS) is 10.2. The molecule has 0 aliphatic carbocycles. The van der Waals surface area contributed by atoms with E-state index in [-0.39, 0.29) is 0 Å². The highest BCUT2D eigenvalue weighted by molar-refractivity contribution is 5.97. The highest BCUT2D eigenvalue weighted by atomic mass is 28.2. The average molecular weight is 196 g/mol. The number of carboxylic acids is 1. The van der Waals surface area contributed by atoms with E-state index in [0.717, 1.165) is 29.1 Å². The van der Waals surface area contributed by atoms with Crippen molar-refractivity contribution in [2.24, 2.45) is 0 Å². The fourth-order valence-electron chi connectivity index (χ4n) is 1.03. The third-order valence-corrected chi connectivity index (χ3v) is 2.20. The fraction of sp³-hybridized carbons (Fsp3) is 0.222. The Morgan fingerprint density at radius 3 is 2.46 bits per heavy atom. The molecule has 0 spiro atoms. The van der Waals surface area contributed by atoms with Crippen molar-refractivity contribution in [2.75, 3.05) is 6.61 Å². The second-order valence-corrected chi connectivity index (χ2v) is 3.32. The Morgan fingerprint density at radius 2 is 2.00 bits per heavy atom. The number of aromatic carboxylic acids is 1. The van der Waals surface area contributed by atoms with Crippen LogP contribution in [0.3, 0.4) is 0 Å². The van der Waals surface area contributed by atoms with Gasteiger partial charge in [-0.2, -0.15) is 0 Å². The van der Waals surface area contributed by atoms with Crippen LogP contribution >= 0.6 is 0 Å². The Bertz CT molecular complexity index is 281. The maximum atomic E-state index is 10.5. The zero-order valence-electron chi connectivity index (χ0n) is 7.49. The van der Waals surface area contributed by atoms with Gasteiger partial charge in [0.05, 0.1) is 5.56 Å². The van der Waals surface area contributed by atoms with Crippen molar-refractivity contribution in [2.45, 2.75) is 6.42 Å². The lowest BCUT2D eigenvalue weighted by Crippen LogP contribution is -1.98. The van der Waals surface area contributed by atoms with Gasteiger partial charge in [-0.1, -0.05) is 12.1 Å². The summed E-state index contributed by atoms with van der Waals surface area (Å²) in [5.41, 5.74) is 1.44. The van der Waals surface area contributed by atoms with Gasteiger partial charge in [0.15, 0.2) is 0 Å². The second-order valence-electron chi connectivity index (χ2n) is 2.74. The van der Waals surface area contributed by atoms with Crippen molar-refractivity contribution < 1.29 is 14.3 Å². The second kappa shape index (κ2) is 4.79. The van der Waals surface area contributed by atoms with Crippen LogP contribution in [0, 0.1) is 0 Å². The molecule has 0 aliphatic rings. The third kappa shape index (κ3) is 3.00. The maximum absolute atomic E-state index is 10.5. The van der Waals surface area contributed by atoms with Gasteiger partial charge in [0.1, 0.15) is 10.5 Å². The van der Waals surface area contributed by atoms with Crippen LogP contribution in [0.2, 0.25) is 0 Å². The topological polar surface area (TPSA) is 46.5 Å². The Kier molecular flexibility index (Phi) is 3.66. The Labute approximate surface area is 79.9 Å². The van der Waals surface area contributed by atoms with Crippen LogP contribution in [-0.4, -0.2) is 28.2 Å². The molecular weight excluding hydrogens is 184 g/mol. The van der Waals surface area contributed by atoms with Crippen LogP contribution in [-0.2, 0) is 10.8 Å². The van der Waals surface area contributed by atoms with E-state index in [1.807, 2.05) is 12.1 Å². The summed E-state index contributed by atoms with van der Waals surface area (Å²) < 4.78 is 5.05. The molecule has 13 heavy (non-hydrogen) atoms. The molecule has 0 aliphatic heterocycles. The van der Waals surface area contributed by atoms with Gasteiger partial charge in [-0.15, -0.1) is 0 Å². The lowest BCUT2D eigenvalue weighted by atomic mass is 10.1. The van der Waals surface area contributed by atoms with Crippen LogP contribution in [0.25, 0.3) is 0 Å². The van der Waals surface area contributed by atoms with E-state index in [4.69, 9.17) is 9.53 Å². The molecule has 0 radical (unpaired) electrons. The number of benzene rings is 1. The van der Waals surface area contributed by atoms with Crippen LogP contribution < -0.4 is 0 Å². The van der Waals surface area contributed by atoms with Crippen molar-refractivity contribution >= 4 is 16.5 Å². The van der Waals surface area contributed by atoms with E-state index < -0.39 is 5.97 Å². The van der Waals surface area contributed by atoms with Crippen molar-refractivity contribution in [3.05, 3.63) is 35.4 Å². The molecule has 4 heteroatoms. The lowest BCUT2D eigenvalue weighted by molar-refractivity contribution is 0.0697. The first kappa shape index (κ1) is 9.95. The molecule has 0 amide bonds. The molecule has 0 bridgehead atoms. The van der Waals surface area contributed by atoms with Gasteiger partial charge in [0, 0.05) is 6.61 Å². The van der Waals surface area contributed by atoms with Crippen molar-refractivity contribution in [3.8, 4) is 0 Å². The fourth-order valence-corrected chi connectivity index (χ4v) is 1.24. The molecule has 1 aromatic carbocycles. The minimum absolute atomic E-state index is 0.329. The highest BCUT2D eigenvalue weighted by Crippen LogP contribution is 2.04. The molecule has 0 heterocycles. The van der Waals surface area contributed by atoms with E-state index >= 15 is 0 Å². The first-order valence-corrected chi connectivity index (χ1v) is 4.87. The zero-order valence-corrected chi connectivity index (χ0v) is 9.49. The van der Waals surface area contributed by atoms with E-state index in [1.54, 1.807) is 12.1 Å². The molecule has 0 unspecified atom stereocenters. The number of hydrogen-bond donors (Lipinski definition) is 1. The molecule has 1 aromatic rings. The number of hydrogen-bond acceptors (Lipinski definition) is 2. The third-order valence-electron chi connectivity index (χ3n) is 1.80. The first-order chi connectivity index (χ1) is 6.24. The first-order valence-electron chi connectivity index (χ1n) is 4.05. The van der Waals surface area contributed by atoms with E-state index in [9.17, 15) is 4.79 Å². The Morgan fingerprint density at radius 1 is 1.38 bits per heavy atom. The maximum Gasteiger partial charge on any atom is 0.335 e. The average Bonchev–Trinajstić information content (AvgIpc) is 2.15. The van der Waals surface area contributed by atoms with Gasteiger partial charge >= 0.3 is 5.97 Å². The molecule has 1 N–H and O–H groups in total. The van der Waals surface area contributed by atoms with Gasteiger partial charge in [-0.05, 0) is 24.1 Å². The molecule has 0 atom stereocenters. The predicted octanol–water partition coefficient (Wildman–Crippen LogP) is 0.224. The van der Waals surface area contributed by atoms with Crippen LogP contribution in [0.5, 0.6) is 0 Å². The summed E-state index contributed by atoms with van der Waals surface area (Å²) in [5, 5.41) is 8.63. The van der Waals surface area contributed by atoms with Gasteiger partial charge in [-0.3, -0.25) is 0 Å². The summed E-state index contributed by atoms with van der Waals surface area (Å²) >= 11 is 0. The minimum atomic E-state index is -0.884. The largest absolute Gasteiger partial charge is 0.478 e. The number of carboxylic acid groups (broad SMARTS) is 1. The minimum Gasteiger partial charge on any atom is -0.478 e. The molecular formula is C9H12O3Si. The smallest absolute Gasteiger partial charge is 0.335 e. The zero-order chi connectivity index (χ0) is 9.68. The molecule has 0 saturated heterocycles. The van der Waals surface area contributed by atoms with Crippen molar-refractivity contribution in [1.82, 2.24) is 0 Å². The summed E-state index contributed by atoms with van der Waals surface area (Å²) in [7, 11) is 0.751. The molecule has 1 rings (SSSR count). The summed E-state index contributed by atoms with van der Waals surface area (Å²) in [6, 6.07) is 6.88. The van der Waals surface area contributed by atoms with Gasteiger partial charge < -0.3 is 9.53 Å². The Hall–Kier alpha value is -1.13. The molecule has 0 fully saturated rings. The number of rotatable bonds is 4. The van der Waals surface area contributed by atoms with E-state index in [1.165, 1.54) is 0 Å². The van der Waals surface area contributed by atoms with E-state index in [2.05, 4.69) is 0 Å². The number of carbonyl (C=O) groups is 1. The quantitative estimate of drug-likeness (QED) is 0.701. The Balaban J connectivity index is 2.64. The predicted molar refractivity (Wildman–Crippen MR) is 53.0 cm³/mol. The van der Waals surface area contributed by atoms with Crippen molar-refractivity contribution in [3.63, 3.8) is 0 Å². The van der Waals surface area contributed by atoms with Crippen LogP contribution in [0.1, 0.15) is 15.9 Å². The summed E-state index contributed by atoms with van der Waals surface area (Å²) in [6.07, 6.45) is 0.851. The lowest BCUT2D eigenvalue weighted by Gasteiger charge is -2.00. The van der Waals surface area contributed by atoms with Crippen molar-refractivity contribution in [1.29, 1.82) is 0 Å². The molecule has 0 saturated carbocycles. The monoisotopic (exact) mass is 196 g/mol.